The summed E-state index contributed by atoms with van der Waals surface area (Å²) in [6.07, 6.45) is 0. The Hall–Kier alpha value is -2.74. The Kier molecular flexibility index (Phi) is 4.33. The van der Waals surface area contributed by atoms with E-state index in [4.69, 9.17) is 9.47 Å². The average molecular weight is 303 g/mol. The highest BCUT2D eigenvalue weighted by Gasteiger charge is 2.09. The van der Waals surface area contributed by atoms with Crippen molar-refractivity contribution in [1.82, 2.24) is 0 Å². The van der Waals surface area contributed by atoms with Crippen molar-refractivity contribution in [3.63, 3.8) is 0 Å². The molecule has 0 aromatic heterocycles. The summed E-state index contributed by atoms with van der Waals surface area (Å²) in [5.41, 5.74) is 5.41. The van der Waals surface area contributed by atoms with Crippen LogP contribution in [0.1, 0.15) is 5.56 Å². The molecule has 0 aliphatic rings. The molecular formula is C21H19O2. The van der Waals surface area contributed by atoms with Crippen LogP contribution < -0.4 is 9.47 Å². The molecule has 0 atom stereocenters. The van der Waals surface area contributed by atoms with E-state index in [0.717, 1.165) is 39.3 Å². The molecule has 0 spiro atoms. The van der Waals surface area contributed by atoms with Crippen molar-refractivity contribution in [1.29, 1.82) is 0 Å². The fourth-order valence-corrected chi connectivity index (χ4v) is 2.67. The van der Waals surface area contributed by atoms with Gasteiger partial charge in [-0.1, -0.05) is 42.5 Å². The Balaban J connectivity index is 2.11. The predicted molar refractivity (Wildman–Crippen MR) is 94.9 cm³/mol. The lowest BCUT2D eigenvalue weighted by molar-refractivity contribution is 0.414. The maximum absolute atomic E-state index is 5.53. The third kappa shape index (κ3) is 3.07. The maximum atomic E-state index is 5.53. The van der Waals surface area contributed by atoms with Gasteiger partial charge in [-0.25, -0.2) is 0 Å². The van der Waals surface area contributed by atoms with E-state index in [1.807, 2.05) is 48.5 Å². The predicted octanol–water partition coefficient (Wildman–Crippen LogP) is 5.22. The quantitative estimate of drug-likeness (QED) is 0.658. The van der Waals surface area contributed by atoms with Crippen LogP contribution in [0.2, 0.25) is 0 Å². The molecule has 3 aromatic carbocycles. The first-order valence-corrected chi connectivity index (χ1v) is 7.47. The first-order valence-electron chi connectivity index (χ1n) is 7.47. The summed E-state index contributed by atoms with van der Waals surface area (Å²) >= 11 is 0. The average Bonchev–Trinajstić information content (AvgIpc) is 2.62. The fourth-order valence-electron chi connectivity index (χ4n) is 2.67. The Morgan fingerprint density at radius 3 is 2.04 bits per heavy atom. The van der Waals surface area contributed by atoms with Crippen molar-refractivity contribution in [3.05, 3.63) is 79.2 Å². The molecule has 0 saturated carbocycles. The minimum Gasteiger partial charge on any atom is -0.497 e. The van der Waals surface area contributed by atoms with Gasteiger partial charge in [0.2, 0.25) is 0 Å². The van der Waals surface area contributed by atoms with Crippen LogP contribution in [0, 0.1) is 6.92 Å². The molecule has 0 unspecified atom stereocenters. The van der Waals surface area contributed by atoms with Crippen molar-refractivity contribution >= 4 is 0 Å². The fraction of sp³-hybridized carbons (Fsp3) is 0.0952. The summed E-state index contributed by atoms with van der Waals surface area (Å²) in [7, 11) is 3.36. The summed E-state index contributed by atoms with van der Waals surface area (Å²) in [5, 5.41) is 0. The molecule has 0 aliphatic carbocycles. The molecule has 2 heteroatoms. The normalized spacial score (nSPS) is 10.4. The standard InChI is InChI=1S/C21H19O2/c1-15-6-4-5-7-19(15)17-10-13-21(23-3)20(14-17)16-8-11-18(22-2)12-9-16/h4-14H,1H2,2-3H3. The van der Waals surface area contributed by atoms with Crippen molar-refractivity contribution in [2.24, 2.45) is 0 Å². The van der Waals surface area contributed by atoms with Crippen molar-refractivity contribution in [2.45, 2.75) is 0 Å². The lowest BCUT2D eigenvalue weighted by Gasteiger charge is -2.13. The molecule has 0 bridgehead atoms. The zero-order valence-corrected chi connectivity index (χ0v) is 13.4. The van der Waals surface area contributed by atoms with E-state index in [2.05, 4.69) is 25.1 Å². The van der Waals surface area contributed by atoms with Crippen molar-refractivity contribution in [3.8, 4) is 33.8 Å². The Morgan fingerprint density at radius 1 is 0.696 bits per heavy atom. The van der Waals surface area contributed by atoms with Crippen LogP contribution in [0.5, 0.6) is 11.5 Å². The molecule has 0 amide bonds. The second-order valence-corrected chi connectivity index (χ2v) is 5.30. The highest BCUT2D eigenvalue weighted by molar-refractivity contribution is 5.79. The van der Waals surface area contributed by atoms with Gasteiger partial charge >= 0.3 is 0 Å². The van der Waals surface area contributed by atoms with Crippen LogP contribution in [0.15, 0.2) is 66.7 Å². The van der Waals surface area contributed by atoms with Gasteiger partial charge in [0.1, 0.15) is 11.5 Å². The van der Waals surface area contributed by atoms with E-state index < -0.39 is 0 Å². The van der Waals surface area contributed by atoms with Gasteiger partial charge in [-0.3, -0.25) is 0 Å². The number of benzene rings is 3. The van der Waals surface area contributed by atoms with Crippen LogP contribution in [-0.2, 0) is 0 Å². The summed E-state index contributed by atoms with van der Waals surface area (Å²) in [6, 6.07) is 22.3. The van der Waals surface area contributed by atoms with Crippen molar-refractivity contribution < 1.29 is 9.47 Å². The first kappa shape index (κ1) is 15.2. The van der Waals surface area contributed by atoms with Gasteiger partial charge in [-0.2, -0.15) is 0 Å². The topological polar surface area (TPSA) is 18.5 Å². The zero-order valence-electron chi connectivity index (χ0n) is 13.4. The van der Waals surface area contributed by atoms with Gasteiger partial charge in [-0.05, 0) is 53.4 Å². The van der Waals surface area contributed by atoms with E-state index in [-0.39, 0.29) is 0 Å². The number of hydrogen-bond acceptors (Lipinski definition) is 2. The Bertz CT molecular complexity index is 804. The molecule has 23 heavy (non-hydrogen) atoms. The SMILES string of the molecule is [CH2]c1ccccc1-c1ccc(OC)c(-c2ccc(OC)cc2)c1. The van der Waals surface area contributed by atoms with Crippen LogP contribution in [0.25, 0.3) is 22.3 Å². The van der Waals surface area contributed by atoms with Crippen LogP contribution >= 0.6 is 0 Å². The highest BCUT2D eigenvalue weighted by atomic mass is 16.5. The highest BCUT2D eigenvalue weighted by Crippen LogP contribution is 2.35. The van der Waals surface area contributed by atoms with E-state index in [1.165, 1.54) is 0 Å². The van der Waals surface area contributed by atoms with Gasteiger partial charge in [0.05, 0.1) is 14.2 Å². The maximum Gasteiger partial charge on any atom is 0.126 e. The third-order valence-electron chi connectivity index (χ3n) is 3.93. The molecule has 3 rings (SSSR count). The number of hydrogen-bond donors (Lipinski definition) is 0. The number of rotatable bonds is 4. The van der Waals surface area contributed by atoms with Gasteiger partial charge in [0, 0.05) is 5.56 Å². The lowest BCUT2D eigenvalue weighted by atomic mass is 9.96. The summed E-state index contributed by atoms with van der Waals surface area (Å²) in [6.45, 7) is 4.12. The number of ether oxygens (including phenoxy) is 2. The van der Waals surface area contributed by atoms with E-state index in [9.17, 15) is 0 Å². The summed E-state index contributed by atoms with van der Waals surface area (Å²) in [5.74, 6) is 1.69. The Labute approximate surface area is 137 Å². The minimum absolute atomic E-state index is 0.840. The zero-order chi connectivity index (χ0) is 16.2. The first-order chi connectivity index (χ1) is 11.2. The lowest BCUT2D eigenvalue weighted by Crippen LogP contribution is -1.91. The molecule has 0 heterocycles. The van der Waals surface area contributed by atoms with E-state index in [0.29, 0.717) is 0 Å². The number of methoxy groups -OCH3 is 2. The molecule has 3 aromatic rings. The summed E-state index contributed by atoms with van der Waals surface area (Å²) in [4.78, 5) is 0. The minimum atomic E-state index is 0.840. The molecule has 0 aliphatic heterocycles. The van der Waals surface area contributed by atoms with Gasteiger partial charge in [0.15, 0.2) is 0 Å². The smallest absolute Gasteiger partial charge is 0.126 e. The van der Waals surface area contributed by atoms with Crippen molar-refractivity contribution in [2.75, 3.05) is 14.2 Å². The van der Waals surface area contributed by atoms with E-state index >= 15 is 0 Å². The Morgan fingerprint density at radius 2 is 1.39 bits per heavy atom. The largest absolute Gasteiger partial charge is 0.497 e. The monoisotopic (exact) mass is 303 g/mol. The molecule has 2 nitrogen and oxygen atoms in total. The molecule has 1 radical (unpaired) electrons. The van der Waals surface area contributed by atoms with Crippen LogP contribution in [0.4, 0.5) is 0 Å². The molecular weight excluding hydrogens is 284 g/mol. The van der Waals surface area contributed by atoms with Gasteiger partial charge in [-0.15, -0.1) is 0 Å². The van der Waals surface area contributed by atoms with Gasteiger partial charge < -0.3 is 9.47 Å². The third-order valence-corrected chi connectivity index (χ3v) is 3.93. The second-order valence-electron chi connectivity index (χ2n) is 5.30. The van der Waals surface area contributed by atoms with E-state index in [1.54, 1.807) is 14.2 Å². The second kappa shape index (κ2) is 6.57. The molecule has 0 N–H and O–H groups in total. The van der Waals surface area contributed by atoms with Crippen LogP contribution in [-0.4, -0.2) is 14.2 Å². The summed E-state index contributed by atoms with van der Waals surface area (Å²) < 4.78 is 10.8. The molecule has 0 saturated heterocycles. The molecule has 115 valence electrons. The molecule has 0 fully saturated rings. The van der Waals surface area contributed by atoms with Crippen LogP contribution in [0.3, 0.4) is 0 Å². The van der Waals surface area contributed by atoms with Gasteiger partial charge in [0.25, 0.3) is 0 Å².